The van der Waals surface area contributed by atoms with Crippen LogP contribution in [0.25, 0.3) is 0 Å². The highest BCUT2D eigenvalue weighted by Crippen LogP contribution is 2.25. The number of aryl methyl sites for hydroxylation is 2. The molecule has 1 aromatic rings. The minimum absolute atomic E-state index is 0.00796. The average molecular weight is 251 g/mol. The Morgan fingerprint density at radius 3 is 2.83 bits per heavy atom. The van der Waals surface area contributed by atoms with Gasteiger partial charge in [-0.25, -0.2) is 0 Å². The maximum atomic E-state index is 12.5. The highest BCUT2D eigenvalue weighted by molar-refractivity contribution is 5.96. The number of nitrogens with zero attached hydrogens (tertiary/aromatic N) is 2. The Morgan fingerprint density at radius 2 is 2.28 bits per heavy atom. The molecule has 5 heteroatoms. The molecule has 5 nitrogen and oxygen atoms in total. The van der Waals surface area contributed by atoms with E-state index >= 15 is 0 Å². The molecule has 0 radical (unpaired) electrons. The first kappa shape index (κ1) is 13.1. The lowest BCUT2D eigenvalue weighted by molar-refractivity contribution is 0.0571. The molecule has 1 amide bonds. The summed E-state index contributed by atoms with van der Waals surface area (Å²) in [5.41, 5.74) is 7.05. The van der Waals surface area contributed by atoms with Gasteiger partial charge in [-0.15, -0.1) is 0 Å². The number of hydrogen-bond donors (Lipinski definition) is 1. The SMILES string of the molecule is Cc1noc(C)c1C(=O)N1CCC(C)CC1CN. The fraction of sp³-hybridized carbons (Fsp3) is 0.692. The van der Waals surface area contributed by atoms with E-state index in [9.17, 15) is 4.79 Å². The summed E-state index contributed by atoms with van der Waals surface area (Å²) in [6.07, 6.45) is 2.01. The van der Waals surface area contributed by atoms with Crippen molar-refractivity contribution in [2.24, 2.45) is 11.7 Å². The Balaban J connectivity index is 2.23. The third-order valence-corrected chi connectivity index (χ3v) is 3.76. The van der Waals surface area contributed by atoms with Crippen molar-refractivity contribution in [3.8, 4) is 0 Å². The number of carbonyl (C=O) groups excluding carboxylic acids is 1. The molecule has 1 aromatic heterocycles. The van der Waals surface area contributed by atoms with E-state index in [-0.39, 0.29) is 11.9 Å². The maximum absolute atomic E-state index is 12.5. The molecule has 1 aliphatic rings. The van der Waals surface area contributed by atoms with Crippen LogP contribution in [-0.4, -0.2) is 35.1 Å². The standard InChI is InChI=1S/C13H21N3O2/c1-8-4-5-16(11(6-8)7-14)13(17)12-9(2)15-18-10(12)3/h8,11H,4-7,14H2,1-3H3. The van der Waals surface area contributed by atoms with E-state index in [1.54, 1.807) is 13.8 Å². The summed E-state index contributed by atoms with van der Waals surface area (Å²) in [6, 6.07) is 0.134. The number of rotatable bonds is 2. The van der Waals surface area contributed by atoms with Crippen molar-refractivity contribution in [1.82, 2.24) is 10.1 Å². The highest BCUT2D eigenvalue weighted by Gasteiger charge is 2.32. The fourth-order valence-corrected chi connectivity index (χ4v) is 2.67. The third-order valence-electron chi connectivity index (χ3n) is 3.76. The molecular weight excluding hydrogens is 230 g/mol. The molecule has 2 heterocycles. The predicted molar refractivity (Wildman–Crippen MR) is 68.3 cm³/mol. The summed E-state index contributed by atoms with van der Waals surface area (Å²) in [5.74, 6) is 1.23. The van der Waals surface area contributed by atoms with Crippen LogP contribution in [0.4, 0.5) is 0 Å². The summed E-state index contributed by atoms with van der Waals surface area (Å²) < 4.78 is 5.07. The van der Waals surface area contributed by atoms with Gasteiger partial charge >= 0.3 is 0 Å². The zero-order valence-electron chi connectivity index (χ0n) is 11.3. The number of hydrogen-bond acceptors (Lipinski definition) is 4. The monoisotopic (exact) mass is 251 g/mol. The van der Waals surface area contributed by atoms with Crippen LogP contribution in [0.5, 0.6) is 0 Å². The number of piperidine rings is 1. The van der Waals surface area contributed by atoms with Crippen LogP contribution in [0.15, 0.2) is 4.52 Å². The second-order valence-electron chi connectivity index (χ2n) is 5.22. The van der Waals surface area contributed by atoms with Crippen molar-refractivity contribution in [3.05, 3.63) is 17.0 Å². The molecule has 0 bridgehead atoms. The van der Waals surface area contributed by atoms with Crippen LogP contribution < -0.4 is 5.73 Å². The second-order valence-corrected chi connectivity index (χ2v) is 5.22. The molecule has 100 valence electrons. The van der Waals surface area contributed by atoms with Gasteiger partial charge in [-0.3, -0.25) is 4.79 Å². The number of aromatic nitrogens is 1. The number of carbonyl (C=O) groups is 1. The summed E-state index contributed by atoms with van der Waals surface area (Å²) in [5, 5.41) is 3.84. The fourth-order valence-electron chi connectivity index (χ4n) is 2.67. The van der Waals surface area contributed by atoms with Crippen molar-refractivity contribution < 1.29 is 9.32 Å². The molecule has 0 saturated carbocycles. The van der Waals surface area contributed by atoms with Gasteiger partial charge < -0.3 is 15.2 Å². The Labute approximate surface area is 107 Å². The molecular formula is C13H21N3O2. The zero-order chi connectivity index (χ0) is 13.3. The van der Waals surface area contributed by atoms with Gasteiger partial charge in [0.1, 0.15) is 11.3 Å². The van der Waals surface area contributed by atoms with Crippen LogP contribution >= 0.6 is 0 Å². The summed E-state index contributed by atoms with van der Waals surface area (Å²) in [4.78, 5) is 14.4. The van der Waals surface area contributed by atoms with E-state index in [0.717, 1.165) is 19.4 Å². The lowest BCUT2D eigenvalue weighted by Gasteiger charge is -2.37. The molecule has 0 aromatic carbocycles. The van der Waals surface area contributed by atoms with Crippen LogP contribution in [0.3, 0.4) is 0 Å². The second kappa shape index (κ2) is 5.10. The quantitative estimate of drug-likeness (QED) is 0.864. The van der Waals surface area contributed by atoms with Gasteiger partial charge in [0, 0.05) is 19.1 Å². The Morgan fingerprint density at radius 1 is 1.56 bits per heavy atom. The maximum Gasteiger partial charge on any atom is 0.259 e. The van der Waals surface area contributed by atoms with E-state index in [2.05, 4.69) is 12.1 Å². The summed E-state index contributed by atoms with van der Waals surface area (Å²) >= 11 is 0. The topological polar surface area (TPSA) is 72.4 Å². The zero-order valence-corrected chi connectivity index (χ0v) is 11.3. The van der Waals surface area contributed by atoms with Crippen LogP contribution in [-0.2, 0) is 0 Å². The highest BCUT2D eigenvalue weighted by atomic mass is 16.5. The number of nitrogens with two attached hydrogens (primary N) is 1. The van der Waals surface area contributed by atoms with Crippen molar-refractivity contribution in [3.63, 3.8) is 0 Å². The van der Waals surface area contributed by atoms with E-state index in [1.807, 2.05) is 4.90 Å². The normalized spacial score (nSPS) is 24.3. The lowest BCUT2D eigenvalue weighted by atomic mass is 9.91. The smallest absolute Gasteiger partial charge is 0.259 e. The lowest BCUT2D eigenvalue weighted by Crippen LogP contribution is -2.49. The van der Waals surface area contributed by atoms with Crippen LogP contribution in [0, 0.1) is 19.8 Å². The molecule has 1 saturated heterocycles. The molecule has 2 unspecified atom stereocenters. The van der Waals surface area contributed by atoms with Crippen molar-refractivity contribution >= 4 is 5.91 Å². The molecule has 0 aliphatic carbocycles. The van der Waals surface area contributed by atoms with Gasteiger partial charge in [-0.05, 0) is 32.6 Å². The Bertz CT molecular complexity index is 422. The van der Waals surface area contributed by atoms with Gasteiger partial charge in [0.15, 0.2) is 0 Å². The van der Waals surface area contributed by atoms with E-state index in [1.165, 1.54) is 0 Å². The predicted octanol–water partition coefficient (Wildman–Crippen LogP) is 1.49. The molecule has 0 spiro atoms. The summed E-state index contributed by atoms with van der Waals surface area (Å²) in [7, 11) is 0. The molecule has 1 aliphatic heterocycles. The van der Waals surface area contributed by atoms with Crippen LogP contribution in [0.1, 0.15) is 41.6 Å². The van der Waals surface area contributed by atoms with Gasteiger partial charge in [0.05, 0.1) is 5.69 Å². The van der Waals surface area contributed by atoms with Gasteiger partial charge in [-0.2, -0.15) is 0 Å². The first-order valence-corrected chi connectivity index (χ1v) is 6.48. The summed E-state index contributed by atoms with van der Waals surface area (Å²) in [6.45, 7) is 7.07. The van der Waals surface area contributed by atoms with Crippen molar-refractivity contribution in [2.75, 3.05) is 13.1 Å². The molecule has 1 fully saturated rings. The van der Waals surface area contributed by atoms with E-state index in [0.29, 0.717) is 29.5 Å². The largest absolute Gasteiger partial charge is 0.361 e. The number of amides is 1. The first-order valence-electron chi connectivity index (χ1n) is 6.48. The molecule has 2 atom stereocenters. The third kappa shape index (κ3) is 2.27. The van der Waals surface area contributed by atoms with Gasteiger partial charge in [-0.1, -0.05) is 12.1 Å². The Kier molecular flexibility index (Phi) is 3.71. The minimum Gasteiger partial charge on any atom is -0.361 e. The van der Waals surface area contributed by atoms with E-state index in [4.69, 9.17) is 10.3 Å². The van der Waals surface area contributed by atoms with Crippen LogP contribution in [0.2, 0.25) is 0 Å². The van der Waals surface area contributed by atoms with Crippen molar-refractivity contribution in [2.45, 2.75) is 39.7 Å². The minimum atomic E-state index is 0.00796. The van der Waals surface area contributed by atoms with E-state index < -0.39 is 0 Å². The molecule has 2 rings (SSSR count). The molecule has 2 N–H and O–H groups in total. The molecule has 18 heavy (non-hydrogen) atoms. The first-order chi connectivity index (χ1) is 8.54. The van der Waals surface area contributed by atoms with Gasteiger partial charge in [0.2, 0.25) is 0 Å². The number of likely N-dealkylation sites (tertiary alicyclic amines) is 1. The Hall–Kier alpha value is -1.36. The van der Waals surface area contributed by atoms with Gasteiger partial charge in [0.25, 0.3) is 5.91 Å². The average Bonchev–Trinajstić information content (AvgIpc) is 2.68. The van der Waals surface area contributed by atoms with Crippen molar-refractivity contribution in [1.29, 1.82) is 0 Å².